The number of halogens is 2. The van der Waals surface area contributed by atoms with Crippen LogP contribution >= 0.6 is 12.6 Å². The standard InChI is InChI=1S/C23H31F2N3O3S/c1-20(2,3)31-19(29)28(18(27)22(6,12-26)14-32)23(15-9-7-8-10-16(15)24)11-17(30-13-23)21(4,5)25/h7-10,17,27,32H,11,13-14H2,1-6H3/t17-,22?,23+/m0/s1. The van der Waals surface area contributed by atoms with Crippen LogP contribution in [0.4, 0.5) is 13.6 Å². The molecule has 1 unspecified atom stereocenters. The van der Waals surface area contributed by atoms with Crippen molar-refractivity contribution < 1.29 is 23.0 Å². The third-order valence-corrected chi connectivity index (χ3v) is 6.13. The van der Waals surface area contributed by atoms with Gasteiger partial charge in [0.1, 0.15) is 33.9 Å². The summed E-state index contributed by atoms with van der Waals surface area (Å²) in [5.41, 5.74) is -5.77. The van der Waals surface area contributed by atoms with E-state index in [9.17, 15) is 14.4 Å². The highest BCUT2D eigenvalue weighted by Gasteiger charge is 2.57. The summed E-state index contributed by atoms with van der Waals surface area (Å²) in [4.78, 5) is 14.4. The van der Waals surface area contributed by atoms with E-state index in [0.717, 1.165) is 4.90 Å². The van der Waals surface area contributed by atoms with Crippen LogP contribution in [0.2, 0.25) is 0 Å². The number of amides is 1. The molecule has 0 saturated carbocycles. The van der Waals surface area contributed by atoms with Crippen LogP contribution < -0.4 is 0 Å². The second-order valence-corrected chi connectivity index (χ2v) is 10.2. The third-order valence-electron chi connectivity index (χ3n) is 5.50. The van der Waals surface area contributed by atoms with Crippen LogP contribution in [0.15, 0.2) is 24.3 Å². The minimum absolute atomic E-state index is 0.0572. The summed E-state index contributed by atoms with van der Waals surface area (Å²) in [6.45, 7) is 8.83. The molecule has 0 aliphatic carbocycles. The minimum Gasteiger partial charge on any atom is -0.443 e. The van der Waals surface area contributed by atoms with Gasteiger partial charge in [0.2, 0.25) is 0 Å². The minimum atomic E-state index is -1.79. The Hall–Kier alpha value is -2.18. The zero-order chi connectivity index (χ0) is 24.5. The number of nitrogens with one attached hydrogen (secondary N) is 1. The maximum absolute atomic E-state index is 15.1. The Morgan fingerprint density at radius 2 is 1.94 bits per heavy atom. The molecule has 1 aliphatic heterocycles. The van der Waals surface area contributed by atoms with Gasteiger partial charge < -0.3 is 9.47 Å². The van der Waals surface area contributed by atoms with Crippen molar-refractivity contribution in [2.75, 3.05) is 12.4 Å². The van der Waals surface area contributed by atoms with E-state index in [-0.39, 0.29) is 24.3 Å². The molecule has 0 spiro atoms. The number of rotatable bonds is 5. The van der Waals surface area contributed by atoms with E-state index in [4.69, 9.17) is 14.9 Å². The summed E-state index contributed by atoms with van der Waals surface area (Å²) in [5, 5.41) is 18.6. The fourth-order valence-corrected chi connectivity index (χ4v) is 3.82. The molecule has 1 aliphatic rings. The molecule has 1 N–H and O–H groups in total. The average molecular weight is 468 g/mol. The fraction of sp³-hybridized carbons (Fsp3) is 0.609. The second kappa shape index (κ2) is 8.99. The van der Waals surface area contributed by atoms with Gasteiger partial charge in [0.15, 0.2) is 0 Å². The number of amidine groups is 1. The number of nitrogens with zero attached hydrogens (tertiary/aromatic N) is 2. The smallest absolute Gasteiger partial charge is 0.416 e. The lowest BCUT2D eigenvalue weighted by molar-refractivity contribution is -0.0100. The van der Waals surface area contributed by atoms with E-state index in [0.29, 0.717) is 0 Å². The second-order valence-electron chi connectivity index (χ2n) is 9.85. The highest BCUT2D eigenvalue weighted by molar-refractivity contribution is 7.80. The van der Waals surface area contributed by atoms with Crippen molar-refractivity contribution in [3.8, 4) is 6.07 Å². The van der Waals surface area contributed by atoms with Crippen molar-refractivity contribution in [3.63, 3.8) is 0 Å². The van der Waals surface area contributed by atoms with Crippen LogP contribution in [0.3, 0.4) is 0 Å². The van der Waals surface area contributed by atoms with Crippen LogP contribution in [0, 0.1) is 28.0 Å². The number of hydrogen-bond acceptors (Lipinski definition) is 6. The summed E-state index contributed by atoms with van der Waals surface area (Å²) < 4.78 is 41.3. The first-order valence-electron chi connectivity index (χ1n) is 10.3. The van der Waals surface area contributed by atoms with Crippen molar-refractivity contribution in [1.82, 2.24) is 4.90 Å². The Morgan fingerprint density at radius 3 is 2.38 bits per heavy atom. The van der Waals surface area contributed by atoms with Gasteiger partial charge in [-0.1, -0.05) is 18.2 Å². The molecule has 3 atom stereocenters. The molecule has 1 amide bonds. The zero-order valence-corrected chi connectivity index (χ0v) is 20.2. The maximum atomic E-state index is 15.1. The zero-order valence-electron chi connectivity index (χ0n) is 19.3. The van der Waals surface area contributed by atoms with E-state index in [1.165, 1.54) is 39.0 Å². The first-order chi connectivity index (χ1) is 14.6. The normalized spacial score (nSPS) is 23.2. The number of hydrogen-bond donors (Lipinski definition) is 2. The van der Waals surface area contributed by atoms with Gasteiger partial charge >= 0.3 is 6.09 Å². The topological polar surface area (TPSA) is 86.4 Å². The van der Waals surface area contributed by atoms with Crippen molar-refractivity contribution in [2.24, 2.45) is 5.41 Å². The lowest BCUT2D eigenvalue weighted by Gasteiger charge is -2.44. The van der Waals surface area contributed by atoms with Gasteiger partial charge in [0, 0.05) is 17.7 Å². The SMILES string of the molecule is CC(C)(C)OC(=O)N(C(=N)C(C)(C#N)CS)[C@@]1(c2ccccc2F)CO[C@H](C(C)(C)F)C1. The lowest BCUT2D eigenvalue weighted by Crippen LogP contribution is -2.58. The van der Waals surface area contributed by atoms with Gasteiger partial charge in [-0.05, 0) is 47.6 Å². The summed E-state index contributed by atoms with van der Waals surface area (Å²) in [6.07, 6.45) is -2.06. The molecule has 2 rings (SSSR count). The van der Waals surface area contributed by atoms with Gasteiger partial charge in [-0.25, -0.2) is 13.6 Å². The molecule has 9 heteroatoms. The molecule has 1 aromatic rings. The van der Waals surface area contributed by atoms with E-state index >= 15 is 4.39 Å². The summed E-state index contributed by atoms with van der Waals surface area (Å²) >= 11 is 4.20. The highest BCUT2D eigenvalue weighted by atomic mass is 32.1. The van der Waals surface area contributed by atoms with Crippen molar-refractivity contribution >= 4 is 24.6 Å². The number of carbonyl (C=O) groups is 1. The number of nitriles is 1. The molecule has 0 bridgehead atoms. The van der Waals surface area contributed by atoms with E-state index in [1.54, 1.807) is 26.8 Å². The average Bonchev–Trinajstić information content (AvgIpc) is 3.12. The van der Waals surface area contributed by atoms with E-state index in [1.807, 2.05) is 6.07 Å². The molecule has 6 nitrogen and oxygen atoms in total. The van der Waals surface area contributed by atoms with E-state index in [2.05, 4.69) is 12.6 Å². The molecule has 32 heavy (non-hydrogen) atoms. The summed E-state index contributed by atoms with van der Waals surface area (Å²) in [7, 11) is 0. The molecule has 1 aromatic carbocycles. The molecule has 176 valence electrons. The van der Waals surface area contributed by atoms with Gasteiger partial charge in [-0.3, -0.25) is 10.3 Å². The highest BCUT2D eigenvalue weighted by Crippen LogP contribution is 2.46. The quantitative estimate of drug-likeness (QED) is 0.353. The van der Waals surface area contributed by atoms with Crippen LogP contribution in [0.5, 0.6) is 0 Å². The van der Waals surface area contributed by atoms with Crippen molar-refractivity contribution in [3.05, 3.63) is 35.6 Å². The predicted molar refractivity (Wildman–Crippen MR) is 121 cm³/mol. The molecule has 1 saturated heterocycles. The lowest BCUT2D eigenvalue weighted by atomic mass is 9.80. The van der Waals surface area contributed by atoms with E-state index < -0.39 is 46.1 Å². The van der Waals surface area contributed by atoms with Crippen LogP contribution in [-0.2, 0) is 15.0 Å². The third kappa shape index (κ3) is 5.07. The number of carbonyl (C=O) groups excluding carboxylic acids is 1. The van der Waals surface area contributed by atoms with Crippen molar-refractivity contribution in [1.29, 1.82) is 10.7 Å². The Balaban J connectivity index is 2.78. The molecule has 0 aromatic heterocycles. The Bertz CT molecular complexity index is 922. The Labute approximate surface area is 193 Å². The molecular formula is C23H31F2N3O3S. The fourth-order valence-electron chi connectivity index (χ4n) is 3.60. The number of thiol groups is 1. The van der Waals surface area contributed by atoms with Gasteiger partial charge in [-0.15, -0.1) is 0 Å². The van der Waals surface area contributed by atoms with Gasteiger partial charge in [0.05, 0.1) is 18.8 Å². The molecule has 0 radical (unpaired) electrons. The largest absolute Gasteiger partial charge is 0.443 e. The van der Waals surface area contributed by atoms with Crippen LogP contribution in [0.25, 0.3) is 0 Å². The maximum Gasteiger partial charge on any atom is 0.416 e. The Kier molecular flexibility index (Phi) is 7.32. The molecule has 1 heterocycles. The number of ether oxygens (including phenoxy) is 2. The molecular weight excluding hydrogens is 436 g/mol. The summed E-state index contributed by atoms with van der Waals surface area (Å²) in [6, 6.07) is 7.80. The van der Waals surface area contributed by atoms with Crippen molar-refractivity contribution in [2.45, 2.75) is 70.9 Å². The van der Waals surface area contributed by atoms with Gasteiger partial charge in [0.25, 0.3) is 0 Å². The van der Waals surface area contributed by atoms with Crippen LogP contribution in [0.1, 0.15) is 53.5 Å². The van der Waals surface area contributed by atoms with Crippen LogP contribution in [-0.4, -0.2) is 46.6 Å². The monoisotopic (exact) mass is 467 g/mol. The first kappa shape index (κ1) is 26.1. The molecule has 1 fully saturated rings. The van der Waals surface area contributed by atoms with Gasteiger partial charge in [-0.2, -0.15) is 17.9 Å². The number of alkyl halides is 1. The summed E-state index contributed by atoms with van der Waals surface area (Å²) in [5.74, 6) is -1.14. The predicted octanol–water partition coefficient (Wildman–Crippen LogP) is 5.23. The Morgan fingerprint density at radius 1 is 1.34 bits per heavy atom. The number of benzene rings is 1. The first-order valence-corrected chi connectivity index (χ1v) is 10.9.